The van der Waals surface area contributed by atoms with E-state index in [0.29, 0.717) is 0 Å². The van der Waals surface area contributed by atoms with Crippen molar-refractivity contribution in [1.29, 1.82) is 0 Å². The summed E-state index contributed by atoms with van der Waals surface area (Å²) in [6.07, 6.45) is 0. The van der Waals surface area contributed by atoms with Gasteiger partial charge in [0.05, 0.1) is 0 Å². The number of halogens is 1. The Bertz CT molecular complexity index is 253. The Morgan fingerprint density at radius 1 is 1.07 bits per heavy atom. The maximum atomic E-state index is 9.96. The summed E-state index contributed by atoms with van der Waals surface area (Å²) in [7, 11) is 0. The molecule has 1 aromatic rings. The third-order valence-corrected chi connectivity index (χ3v) is 1.07. The number of aliphatic hydroxyl groups excluding tert-OH is 1. The minimum atomic E-state index is -0.955. The summed E-state index contributed by atoms with van der Waals surface area (Å²) < 4.78 is 0. The Balaban J connectivity index is 0. The van der Waals surface area contributed by atoms with Crippen molar-refractivity contribution in [3.8, 4) is 0 Å². The quantitative estimate of drug-likeness (QED) is 0.617. The molecule has 1 rings (SSSR count). The van der Waals surface area contributed by atoms with Crippen LogP contribution in [-0.4, -0.2) is 23.7 Å². The standard InChI is InChI=1S/C6H6.C3H6N2O3.FH/c1-2-4-6-5-3-1;4-3(8)5-2(7)1-6;/h1-6H;6H,1H2,(H3,4,5,7,8);1H. The van der Waals surface area contributed by atoms with Gasteiger partial charge in [0.1, 0.15) is 6.61 Å². The van der Waals surface area contributed by atoms with E-state index in [2.05, 4.69) is 5.73 Å². The lowest BCUT2D eigenvalue weighted by Gasteiger charge is -1.92. The highest BCUT2D eigenvalue weighted by Crippen LogP contribution is 1.79. The summed E-state index contributed by atoms with van der Waals surface area (Å²) in [4.78, 5) is 19.7. The van der Waals surface area contributed by atoms with Crippen molar-refractivity contribution in [3.63, 3.8) is 0 Å². The number of urea groups is 1. The fourth-order valence-corrected chi connectivity index (χ4v) is 0.562. The van der Waals surface area contributed by atoms with E-state index in [1.807, 2.05) is 36.4 Å². The summed E-state index contributed by atoms with van der Waals surface area (Å²) in [5.74, 6) is -0.794. The molecule has 84 valence electrons. The van der Waals surface area contributed by atoms with Crippen molar-refractivity contribution in [2.24, 2.45) is 5.73 Å². The first-order valence-electron chi connectivity index (χ1n) is 3.87. The van der Waals surface area contributed by atoms with Gasteiger partial charge in [0.2, 0.25) is 0 Å². The Morgan fingerprint density at radius 3 is 1.53 bits per heavy atom. The molecule has 0 saturated heterocycles. The van der Waals surface area contributed by atoms with Crippen LogP contribution in [0, 0.1) is 0 Å². The summed E-state index contributed by atoms with van der Waals surface area (Å²) in [6.45, 7) is -0.719. The summed E-state index contributed by atoms with van der Waals surface area (Å²) in [5.41, 5.74) is 4.49. The zero-order valence-electron chi connectivity index (χ0n) is 7.92. The van der Waals surface area contributed by atoms with Gasteiger partial charge < -0.3 is 10.8 Å². The Kier molecular flexibility index (Phi) is 10.5. The van der Waals surface area contributed by atoms with Crippen molar-refractivity contribution >= 4 is 11.9 Å². The molecule has 5 nitrogen and oxygen atoms in total. The molecule has 0 aliphatic carbocycles. The van der Waals surface area contributed by atoms with Crippen molar-refractivity contribution < 1.29 is 19.4 Å². The number of amides is 3. The van der Waals surface area contributed by atoms with E-state index in [4.69, 9.17) is 5.11 Å². The van der Waals surface area contributed by atoms with Crippen LogP contribution in [0.2, 0.25) is 0 Å². The highest BCUT2D eigenvalue weighted by atomic mass is 19.0. The predicted octanol–water partition coefficient (Wildman–Crippen LogP) is 0.0127. The average molecular weight is 216 g/mol. The number of carbonyl (C=O) groups is 2. The van der Waals surface area contributed by atoms with Gasteiger partial charge in [-0.25, -0.2) is 4.79 Å². The molecule has 0 aromatic heterocycles. The molecule has 0 unspecified atom stereocenters. The normalized spacial score (nSPS) is 7.53. The van der Waals surface area contributed by atoms with E-state index in [9.17, 15) is 9.59 Å². The monoisotopic (exact) mass is 216 g/mol. The largest absolute Gasteiger partial charge is 0.387 e. The first-order valence-corrected chi connectivity index (χ1v) is 3.87. The molecule has 0 radical (unpaired) electrons. The molecular formula is C9H13FN2O3. The van der Waals surface area contributed by atoms with E-state index in [0.717, 1.165) is 0 Å². The molecule has 0 saturated carbocycles. The van der Waals surface area contributed by atoms with Gasteiger partial charge in [0.25, 0.3) is 5.91 Å². The number of hydrogen-bond acceptors (Lipinski definition) is 3. The molecule has 6 heteroatoms. The minimum absolute atomic E-state index is 0. The molecule has 0 fully saturated rings. The lowest BCUT2D eigenvalue weighted by molar-refractivity contribution is -0.122. The van der Waals surface area contributed by atoms with Gasteiger partial charge in [0.15, 0.2) is 0 Å². The SMILES string of the molecule is F.NC(=O)NC(=O)CO.c1ccccc1. The lowest BCUT2D eigenvalue weighted by atomic mass is 10.4. The molecule has 15 heavy (non-hydrogen) atoms. The molecule has 0 aliphatic rings. The second-order valence-corrected chi connectivity index (χ2v) is 2.23. The summed E-state index contributed by atoms with van der Waals surface area (Å²) in [6, 6.07) is 11.0. The van der Waals surface area contributed by atoms with E-state index in [1.165, 1.54) is 0 Å². The lowest BCUT2D eigenvalue weighted by Crippen LogP contribution is -2.36. The molecule has 0 bridgehead atoms. The number of hydrogen-bond donors (Lipinski definition) is 3. The molecular weight excluding hydrogens is 203 g/mol. The number of aliphatic hydroxyl groups is 1. The smallest absolute Gasteiger partial charge is 0.318 e. The number of primary amides is 1. The highest BCUT2D eigenvalue weighted by molar-refractivity contribution is 5.93. The summed E-state index contributed by atoms with van der Waals surface area (Å²) in [5, 5.41) is 9.61. The number of imide groups is 1. The van der Waals surface area contributed by atoms with Crippen molar-refractivity contribution in [2.75, 3.05) is 6.61 Å². The van der Waals surface area contributed by atoms with Gasteiger partial charge in [-0.1, -0.05) is 36.4 Å². The topological polar surface area (TPSA) is 92.4 Å². The highest BCUT2D eigenvalue weighted by Gasteiger charge is 1.98. The first kappa shape index (κ1) is 15.5. The van der Waals surface area contributed by atoms with Gasteiger partial charge in [0, 0.05) is 0 Å². The number of nitrogens with one attached hydrogen (secondary N) is 1. The predicted molar refractivity (Wildman–Crippen MR) is 53.8 cm³/mol. The fraction of sp³-hybridized carbons (Fsp3) is 0.111. The van der Waals surface area contributed by atoms with Gasteiger partial charge in [-0.05, 0) is 0 Å². The van der Waals surface area contributed by atoms with Gasteiger partial charge in [-0.3, -0.25) is 14.8 Å². The van der Waals surface area contributed by atoms with Gasteiger partial charge in [-0.2, -0.15) is 0 Å². The number of benzene rings is 1. The Hall–Kier alpha value is -1.95. The third kappa shape index (κ3) is 12.1. The number of rotatable bonds is 1. The zero-order valence-corrected chi connectivity index (χ0v) is 7.92. The van der Waals surface area contributed by atoms with Crippen LogP contribution in [0.15, 0.2) is 36.4 Å². The van der Waals surface area contributed by atoms with E-state index in [1.54, 1.807) is 5.32 Å². The molecule has 1 aromatic carbocycles. The van der Waals surface area contributed by atoms with E-state index < -0.39 is 18.5 Å². The molecule has 0 aliphatic heterocycles. The third-order valence-electron chi connectivity index (χ3n) is 1.07. The molecule has 3 amide bonds. The first-order chi connectivity index (χ1) is 6.66. The molecule has 0 heterocycles. The molecule has 0 atom stereocenters. The van der Waals surface area contributed by atoms with Gasteiger partial charge in [-0.15, -0.1) is 0 Å². The second-order valence-electron chi connectivity index (χ2n) is 2.23. The average Bonchev–Trinajstić information content (AvgIpc) is 2.20. The molecule has 4 N–H and O–H groups in total. The van der Waals surface area contributed by atoms with Crippen LogP contribution < -0.4 is 11.1 Å². The van der Waals surface area contributed by atoms with Crippen molar-refractivity contribution in [2.45, 2.75) is 0 Å². The molecule has 0 spiro atoms. The van der Waals surface area contributed by atoms with Crippen LogP contribution in [0.5, 0.6) is 0 Å². The van der Waals surface area contributed by atoms with Crippen LogP contribution in [-0.2, 0) is 4.79 Å². The fourth-order valence-electron chi connectivity index (χ4n) is 0.562. The Morgan fingerprint density at radius 2 is 1.40 bits per heavy atom. The maximum Gasteiger partial charge on any atom is 0.318 e. The summed E-state index contributed by atoms with van der Waals surface area (Å²) >= 11 is 0. The van der Waals surface area contributed by atoms with Crippen molar-refractivity contribution in [3.05, 3.63) is 36.4 Å². The van der Waals surface area contributed by atoms with Crippen LogP contribution in [0.4, 0.5) is 9.50 Å². The zero-order chi connectivity index (χ0) is 10.8. The van der Waals surface area contributed by atoms with Gasteiger partial charge >= 0.3 is 6.03 Å². The van der Waals surface area contributed by atoms with Crippen LogP contribution in [0.1, 0.15) is 0 Å². The van der Waals surface area contributed by atoms with E-state index in [-0.39, 0.29) is 4.70 Å². The van der Waals surface area contributed by atoms with Crippen molar-refractivity contribution in [1.82, 2.24) is 5.32 Å². The van der Waals surface area contributed by atoms with E-state index >= 15 is 0 Å². The van der Waals surface area contributed by atoms with Crippen LogP contribution in [0.3, 0.4) is 0 Å². The Labute approximate surface area is 86.3 Å². The second kappa shape index (κ2) is 10.1. The van der Waals surface area contributed by atoms with Crippen LogP contribution >= 0.6 is 0 Å². The number of nitrogens with two attached hydrogens (primary N) is 1. The maximum absolute atomic E-state index is 9.96. The number of carbonyl (C=O) groups excluding carboxylic acids is 2. The van der Waals surface area contributed by atoms with Crippen LogP contribution in [0.25, 0.3) is 0 Å². The minimum Gasteiger partial charge on any atom is -0.387 e.